The van der Waals surface area contributed by atoms with Gasteiger partial charge in [0, 0.05) is 11.2 Å². The van der Waals surface area contributed by atoms with E-state index < -0.39 is 0 Å². The fourth-order valence-corrected chi connectivity index (χ4v) is 1.54. The first kappa shape index (κ1) is 11.2. The number of pyridine rings is 1. The van der Waals surface area contributed by atoms with Crippen LogP contribution < -0.4 is 11.1 Å². The van der Waals surface area contributed by atoms with Crippen molar-refractivity contribution in [1.29, 1.82) is 5.26 Å². The number of hydrogen-bond donors (Lipinski definition) is 2. The lowest BCUT2D eigenvalue weighted by molar-refractivity contribution is 1.31. The monoisotopic (exact) mass is 244 g/mol. The number of rotatable bonds is 2. The number of hydrogen-bond acceptors (Lipinski definition) is 4. The molecule has 17 heavy (non-hydrogen) atoms. The van der Waals surface area contributed by atoms with E-state index in [1.165, 1.54) is 0 Å². The Kier molecular flexibility index (Phi) is 3.12. The molecule has 3 N–H and O–H groups in total. The largest absolute Gasteiger partial charge is 0.396 e. The van der Waals surface area contributed by atoms with Crippen LogP contribution in [0.2, 0.25) is 5.02 Å². The highest BCUT2D eigenvalue weighted by Crippen LogP contribution is 2.25. The average Bonchev–Trinajstić information content (AvgIpc) is 2.32. The fourth-order valence-electron chi connectivity index (χ4n) is 1.37. The lowest BCUT2D eigenvalue weighted by atomic mass is 10.2. The Morgan fingerprint density at radius 3 is 2.88 bits per heavy atom. The molecule has 0 fully saturated rings. The number of benzene rings is 1. The third-order valence-electron chi connectivity index (χ3n) is 2.19. The van der Waals surface area contributed by atoms with Crippen LogP contribution >= 0.6 is 11.6 Å². The van der Waals surface area contributed by atoms with Gasteiger partial charge in [0.2, 0.25) is 0 Å². The molecule has 0 aliphatic heterocycles. The highest BCUT2D eigenvalue weighted by atomic mass is 35.5. The summed E-state index contributed by atoms with van der Waals surface area (Å²) in [6.45, 7) is 0. The molecule has 0 aliphatic carbocycles. The van der Waals surface area contributed by atoms with Crippen LogP contribution in [0.15, 0.2) is 36.5 Å². The zero-order valence-corrected chi connectivity index (χ0v) is 9.57. The minimum absolute atomic E-state index is 0.486. The predicted molar refractivity (Wildman–Crippen MR) is 68.1 cm³/mol. The molecule has 4 nitrogen and oxygen atoms in total. The van der Waals surface area contributed by atoms with E-state index in [0.717, 1.165) is 0 Å². The summed E-state index contributed by atoms with van der Waals surface area (Å²) in [7, 11) is 0. The molecule has 2 rings (SSSR count). The Bertz CT molecular complexity index is 589. The minimum atomic E-state index is 0.486. The van der Waals surface area contributed by atoms with Crippen LogP contribution in [0.3, 0.4) is 0 Å². The number of anilines is 3. The van der Waals surface area contributed by atoms with Gasteiger partial charge in [0.05, 0.1) is 16.9 Å². The van der Waals surface area contributed by atoms with Gasteiger partial charge in [-0.2, -0.15) is 5.26 Å². The number of nitrogens with two attached hydrogens (primary N) is 1. The summed E-state index contributed by atoms with van der Waals surface area (Å²) in [6.07, 6.45) is 1.62. The summed E-state index contributed by atoms with van der Waals surface area (Å²) < 4.78 is 0. The molecule has 0 saturated carbocycles. The Morgan fingerprint density at radius 1 is 1.35 bits per heavy atom. The number of halogens is 1. The van der Waals surface area contributed by atoms with Crippen molar-refractivity contribution >= 4 is 28.8 Å². The van der Waals surface area contributed by atoms with Crippen molar-refractivity contribution in [3.05, 3.63) is 47.1 Å². The molecule has 1 heterocycles. The highest BCUT2D eigenvalue weighted by Gasteiger charge is 2.05. The lowest BCUT2D eigenvalue weighted by Crippen LogP contribution is -2.00. The molecule has 0 spiro atoms. The molecule has 84 valence electrons. The van der Waals surface area contributed by atoms with Gasteiger partial charge in [-0.3, -0.25) is 0 Å². The summed E-state index contributed by atoms with van der Waals surface area (Å²) in [5, 5.41) is 12.5. The van der Waals surface area contributed by atoms with Crippen molar-refractivity contribution in [3.63, 3.8) is 0 Å². The van der Waals surface area contributed by atoms with Crippen LogP contribution in [0.4, 0.5) is 17.2 Å². The van der Waals surface area contributed by atoms with E-state index in [2.05, 4.69) is 16.4 Å². The summed E-state index contributed by atoms with van der Waals surface area (Å²) in [5.41, 5.74) is 7.34. The van der Waals surface area contributed by atoms with Gasteiger partial charge in [0.1, 0.15) is 6.07 Å². The first-order chi connectivity index (χ1) is 8.20. The van der Waals surface area contributed by atoms with Crippen molar-refractivity contribution in [3.8, 4) is 6.07 Å². The molecule has 1 aromatic heterocycles. The predicted octanol–water partition coefficient (Wildman–Crippen LogP) is 2.93. The van der Waals surface area contributed by atoms with Crippen LogP contribution in [0.25, 0.3) is 0 Å². The maximum absolute atomic E-state index is 8.97. The van der Waals surface area contributed by atoms with Crippen molar-refractivity contribution in [1.82, 2.24) is 4.98 Å². The second-order valence-electron chi connectivity index (χ2n) is 3.37. The topological polar surface area (TPSA) is 74.7 Å². The van der Waals surface area contributed by atoms with E-state index in [9.17, 15) is 0 Å². The van der Waals surface area contributed by atoms with Crippen molar-refractivity contribution in [2.45, 2.75) is 0 Å². The van der Waals surface area contributed by atoms with E-state index in [4.69, 9.17) is 22.6 Å². The van der Waals surface area contributed by atoms with E-state index in [0.29, 0.717) is 27.8 Å². The zero-order valence-electron chi connectivity index (χ0n) is 8.81. The quantitative estimate of drug-likeness (QED) is 0.852. The molecule has 5 heteroatoms. The smallest absolute Gasteiger partial charge is 0.153 e. The van der Waals surface area contributed by atoms with Gasteiger partial charge in [-0.1, -0.05) is 11.6 Å². The maximum atomic E-state index is 8.97. The molecule has 2 aromatic rings. The normalized spacial score (nSPS) is 9.65. The summed E-state index contributed by atoms with van der Waals surface area (Å²) in [6, 6.07) is 10.5. The van der Waals surface area contributed by atoms with Gasteiger partial charge in [-0.15, -0.1) is 0 Å². The van der Waals surface area contributed by atoms with Gasteiger partial charge in [-0.25, -0.2) is 4.98 Å². The third kappa shape index (κ3) is 2.47. The van der Waals surface area contributed by atoms with Gasteiger partial charge < -0.3 is 11.1 Å². The second-order valence-corrected chi connectivity index (χ2v) is 3.80. The first-order valence-corrected chi connectivity index (χ1v) is 5.25. The van der Waals surface area contributed by atoms with Crippen LogP contribution in [-0.4, -0.2) is 4.98 Å². The number of nitriles is 1. The van der Waals surface area contributed by atoms with Crippen LogP contribution in [-0.2, 0) is 0 Å². The molecule has 0 radical (unpaired) electrons. The summed E-state index contributed by atoms with van der Waals surface area (Å²) in [4.78, 5) is 4.09. The molecule has 0 amide bonds. The molecular formula is C12H9ClN4. The lowest BCUT2D eigenvalue weighted by Gasteiger charge is -2.09. The zero-order chi connectivity index (χ0) is 12.3. The molecule has 1 aromatic carbocycles. The van der Waals surface area contributed by atoms with E-state index in [1.807, 2.05) is 0 Å². The number of nitrogen functional groups attached to an aromatic ring is 1. The van der Waals surface area contributed by atoms with Crippen LogP contribution in [0, 0.1) is 11.3 Å². The second kappa shape index (κ2) is 4.73. The van der Waals surface area contributed by atoms with Gasteiger partial charge in [0.25, 0.3) is 0 Å². The number of aromatic nitrogens is 1. The van der Waals surface area contributed by atoms with Gasteiger partial charge in [0.15, 0.2) is 5.82 Å². The average molecular weight is 245 g/mol. The third-order valence-corrected chi connectivity index (χ3v) is 2.43. The molecule has 0 unspecified atom stereocenters. The molecule has 0 bridgehead atoms. The number of nitrogens with one attached hydrogen (secondary N) is 1. The summed E-state index contributed by atoms with van der Waals surface area (Å²) in [5.74, 6) is 0.506. The first-order valence-electron chi connectivity index (χ1n) is 4.88. The SMILES string of the molecule is N#Cc1ccc(Cl)cc1Nc1ncccc1N. The highest BCUT2D eigenvalue weighted by molar-refractivity contribution is 6.30. The summed E-state index contributed by atoms with van der Waals surface area (Å²) >= 11 is 5.88. The number of nitrogens with zero attached hydrogens (tertiary/aromatic N) is 2. The Labute approximate surface area is 104 Å². The van der Waals surface area contributed by atoms with Crippen molar-refractivity contribution in [2.75, 3.05) is 11.1 Å². The van der Waals surface area contributed by atoms with Crippen molar-refractivity contribution in [2.24, 2.45) is 0 Å². The van der Waals surface area contributed by atoms with Gasteiger partial charge in [-0.05, 0) is 30.3 Å². The van der Waals surface area contributed by atoms with Crippen LogP contribution in [0.1, 0.15) is 5.56 Å². The van der Waals surface area contributed by atoms with Crippen molar-refractivity contribution < 1.29 is 0 Å². The standard InChI is InChI=1S/C12H9ClN4/c13-9-4-3-8(7-14)11(6-9)17-12-10(15)2-1-5-16-12/h1-6H,15H2,(H,16,17). The van der Waals surface area contributed by atoms with E-state index in [-0.39, 0.29) is 0 Å². The van der Waals surface area contributed by atoms with Crippen LogP contribution in [0.5, 0.6) is 0 Å². The molecule has 0 aliphatic rings. The molecule has 0 saturated heterocycles. The maximum Gasteiger partial charge on any atom is 0.153 e. The Morgan fingerprint density at radius 2 is 2.18 bits per heavy atom. The van der Waals surface area contributed by atoms with Gasteiger partial charge >= 0.3 is 0 Å². The molecule has 0 atom stereocenters. The Hall–Kier alpha value is -2.25. The minimum Gasteiger partial charge on any atom is -0.396 e. The Balaban J connectivity index is 2.40. The van der Waals surface area contributed by atoms with E-state index >= 15 is 0 Å². The van der Waals surface area contributed by atoms with E-state index in [1.54, 1.807) is 36.5 Å². The fraction of sp³-hybridized carbons (Fsp3) is 0. The molecular weight excluding hydrogens is 236 g/mol.